The van der Waals surface area contributed by atoms with Crippen molar-refractivity contribution in [2.24, 2.45) is 0 Å². The summed E-state index contributed by atoms with van der Waals surface area (Å²) in [4.78, 5) is 36.8. The molecule has 1 heterocycles. The Balaban J connectivity index is 1.98. The van der Waals surface area contributed by atoms with Gasteiger partial charge in [0, 0.05) is 16.1 Å². The summed E-state index contributed by atoms with van der Waals surface area (Å²) in [5, 5.41) is 2.63. The number of carbonyl (C=O) groups is 3. The molecule has 1 unspecified atom stereocenters. The van der Waals surface area contributed by atoms with Gasteiger partial charge in [-0.3, -0.25) is 9.59 Å². The van der Waals surface area contributed by atoms with Crippen LogP contribution in [0.5, 0.6) is 0 Å². The molecule has 0 aliphatic heterocycles. The maximum atomic E-state index is 12.1. The first-order valence-electron chi connectivity index (χ1n) is 7.06. The van der Waals surface area contributed by atoms with Crippen LogP contribution in [0.25, 0.3) is 0 Å². The summed E-state index contributed by atoms with van der Waals surface area (Å²) < 4.78 is 5.15. The number of esters is 1. The van der Waals surface area contributed by atoms with E-state index in [9.17, 15) is 14.4 Å². The molecule has 1 N–H and O–H groups in total. The van der Waals surface area contributed by atoms with Crippen LogP contribution < -0.4 is 5.32 Å². The average Bonchev–Trinajstić information content (AvgIpc) is 2.94. The highest BCUT2D eigenvalue weighted by atomic mass is 32.1. The molecular formula is C17H17NO4S. The lowest BCUT2D eigenvalue weighted by atomic mass is 10.1. The van der Waals surface area contributed by atoms with E-state index >= 15 is 0 Å². The largest absolute Gasteiger partial charge is 0.448 e. The summed E-state index contributed by atoms with van der Waals surface area (Å²) in [5.41, 5.74) is 0.985. The lowest BCUT2D eigenvalue weighted by Gasteiger charge is -2.13. The summed E-state index contributed by atoms with van der Waals surface area (Å²) in [7, 11) is 0. The van der Waals surface area contributed by atoms with Gasteiger partial charge >= 0.3 is 5.97 Å². The van der Waals surface area contributed by atoms with E-state index in [1.54, 1.807) is 30.3 Å². The number of hydrogen-bond donors (Lipinski definition) is 1. The van der Waals surface area contributed by atoms with Gasteiger partial charge in [-0.25, -0.2) is 4.79 Å². The molecule has 2 rings (SSSR count). The molecule has 1 aromatic carbocycles. The van der Waals surface area contributed by atoms with Crippen LogP contribution >= 0.6 is 11.3 Å². The number of amides is 1. The van der Waals surface area contributed by atoms with Gasteiger partial charge in [0.15, 0.2) is 11.9 Å². The van der Waals surface area contributed by atoms with Gasteiger partial charge in [0.05, 0.1) is 0 Å². The van der Waals surface area contributed by atoms with Crippen LogP contribution in [0, 0.1) is 6.92 Å². The first kappa shape index (κ1) is 16.9. The van der Waals surface area contributed by atoms with Crippen molar-refractivity contribution in [3.05, 3.63) is 51.7 Å². The number of Topliss-reactive ketones (excluding diaryl/α,β-unsaturated/α-hetero) is 1. The Morgan fingerprint density at radius 2 is 1.91 bits per heavy atom. The van der Waals surface area contributed by atoms with Gasteiger partial charge < -0.3 is 10.1 Å². The number of carbonyl (C=O) groups excluding carboxylic acids is 3. The number of nitrogens with one attached hydrogen (secondary N) is 1. The SMILES string of the molecule is CC(=O)c1cccc(NC(=O)C(C)OC(=O)c2ccc(C)s2)c1. The van der Waals surface area contributed by atoms with Crippen molar-refractivity contribution in [1.82, 2.24) is 0 Å². The Bertz CT molecular complexity index is 751. The van der Waals surface area contributed by atoms with Crippen LogP contribution in [0.2, 0.25) is 0 Å². The number of ketones is 1. The number of benzene rings is 1. The molecule has 0 fully saturated rings. The van der Waals surface area contributed by atoms with E-state index in [1.165, 1.54) is 25.2 Å². The molecule has 120 valence electrons. The van der Waals surface area contributed by atoms with E-state index in [2.05, 4.69) is 5.32 Å². The molecule has 0 radical (unpaired) electrons. The lowest BCUT2D eigenvalue weighted by molar-refractivity contribution is -0.123. The minimum atomic E-state index is -0.939. The Morgan fingerprint density at radius 3 is 2.52 bits per heavy atom. The Labute approximate surface area is 138 Å². The standard InChI is InChI=1S/C17H17NO4S/c1-10-7-8-15(23-10)17(21)22-12(3)16(20)18-14-6-4-5-13(9-14)11(2)19/h4-9,12H,1-3H3,(H,18,20). The maximum Gasteiger partial charge on any atom is 0.349 e. The highest BCUT2D eigenvalue weighted by Crippen LogP contribution is 2.17. The quantitative estimate of drug-likeness (QED) is 0.673. The maximum absolute atomic E-state index is 12.1. The summed E-state index contributed by atoms with van der Waals surface area (Å²) in [6.45, 7) is 4.84. The zero-order valence-corrected chi connectivity index (χ0v) is 13.9. The Morgan fingerprint density at radius 1 is 1.17 bits per heavy atom. The molecule has 2 aromatic rings. The van der Waals surface area contributed by atoms with Crippen molar-refractivity contribution < 1.29 is 19.1 Å². The Hall–Kier alpha value is -2.47. The Kier molecular flexibility index (Phi) is 5.28. The van der Waals surface area contributed by atoms with Crippen molar-refractivity contribution in [3.8, 4) is 0 Å². The third-order valence-corrected chi connectivity index (χ3v) is 4.11. The monoisotopic (exact) mass is 331 g/mol. The predicted octanol–water partition coefficient (Wildman–Crippen LogP) is 3.44. The van der Waals surface area contributed by atoms with Crippen LogP contribution in [-0.2, 0) is 9.53 Å². The molecule has 0 bridgehead atoms. The van der Waals surface area contributed by atoms with Crippen LogP contribution in [0.3, 0.4) is 0 Å². The molecule has 1 aromatic heterocycles. The van der Waals surface area contributed by atoms with Crippen LogP contribution in [-0.4, -0.2) is 23.8 Å². The van der Waals surface area contributed by atoms with E-state index < -0.39 is 18.0 Å². The van der Waals surface area contributed by atoms with E-state index in [1.807, 2.05) is 13.0 Å². The highest BCUT2D eigenvalue weighted by molar-refractivity contribution is 7.13. The zero-order chi connectivity index (χ0) is 17.0. The fourth-order valence-electron chi connectivity index (χ4n) is 1.88. The minimum Gasteiger partial charge on any atom is -0.448 e. The van der Waals surface area contributed by atoms with Gasteiger partial charge in [0.25, 0.3) is 5.91 Å². The van der Waals surface area contributed by atoms with E-state index in [0.717, 1.165) is 4.88 Å². The number of aryl methyl sites for hydroxylation is 1. The van der Waals surface area contributed by atoms with Crippen LogP contribution in [0.4, 0.5) is 5.69 Å². The molecule has 23 heavy (non-hydrogen) atoms. The van der Waals surface area contributed by atoms with Crippen molar-refractivity contribution in [2.45, 2.75) is 26.9 Å². The third-order valence-electron chi connectivity index (χ3n) is 3.13. The molecule has 1 atom stereocenters. The second-order valence-electron chi connectivity index (χ2n) is 5.08. The van der Waals surface area contributed by atoms with Gasteiger partial charge in [-0.15, -0.1) is 11.3 Å². The van der Waals surface area contributed by atoms with Crippen molar-refractivity contribution >= 4 is 34.7 Å². The number of rotatable bonds is 5. The van der Waals surface area contributed by atoms with Crippen LogP contribution in [0.1, 0.15) is 38.8 Å². The topological polar surface area (TPSA) is 72.5 Å². The summed E-state index contributed by atoms with van der Waals surface area (Å²) in [6, 6.07) is 10.1. The second-order valence-corrected chi connectivity index (χ2v) is 6.37. The van der Waals surface area contributed by atoms with Crippen molar-refractivity contribution in [3.63, 3.8) is 0 Å². The summed E-state index contributed by atoms with van der Waals surface area (Å²) in [6.07, 6.45) is -0.939. The molecule has 0 spiro atoms. The van der Waals surface area contributed by atoms with Crippen molar-refractivity contribution in [2.75, 3.05) is 5.32 Å². The van der Waals surface area contributed by atoms with Gasteiger partial charge in [-0.05, 0) is 45.0 Å². The van der Waals surface area contributed by atoms with E-state index in [0.29, 0.717) is 16.1 Å². The number of anilines is 1. The summed E-state index contributed by atoms with van der Waals surface area (Å²) >= 11 is 1.31. The molecule has 6 heteroatoms. The molecule has 1 amide bonds. The normalized spacial score (nSPS) is 11.6. The minimum absolute atomic E-state index is 0.0892. The third kappa shape index (κ3) is 4.50. The molecule has 0 aliphatic rings. The molecule has 0 saturated heterocycles. The smallest absolute Gasteiger partial charge is 0.349 e. The predicted molar refractivity (Wildman–Crippen MR) is 89.0 cm³/mol. The lowest BCUT2D eigenvalue weighted by Crippen LogP contribution is -2.29. The fourth-order valence-corrected chi connectivity index (χ4v) is 2.63. The fraction of sp³-hybridized carbons (Fsp3) is 0.235. The molecule has 0 saturated carbocycles. The van der Waals surface area contributed by atoms with Gasteiger partial charge in [-0.2, -0.15) is 0 Å². The van der Waals surface area contributed by atoms with E-state index in [4.69, 9.17) is 4.74 Å². The number of thiophene rings is 1. The van der Waals surface area contributed by atoms with E-state index in [-0.39, 0.29) is 5.78 Å². The number of hydrogen-bond acceptors (Lipinski definition) is 5. The van der Waals surface area contributed by atoms with Gasteiger partial charge in [0.1, 0.15) is 4.88 Å². The molecule has 0 aliphatic carbocycles. The van der Waals surface area contributed by atoms with Gasteiger partial charge in [-0.1, -0.05) is 12.1 Å². The first-order chi connectivity index (χ1) is 10.9. The van der Waals surface area contributed by atoms with Crippen molar-refractivity contribution in [1.29, 1.82) is 0 Å². The first-order valence-corrected chi connectivity index (χ1v) is 7.88. The second kappa shape index (κ2) is 7.19. The molecule has 5 nitrogen and oxygen atoms in total. The average molecular weight is 331 g/mol. The molecular weight excluding hydrogens is 314 g/mol. The highest BCUT2D eigenvalue weighted by Gasteiger charge is 2.20. The number of ether oxygens (including phenoxy) is 1. The van der Waals surface area contributed by atoms with Crippen LogP contribution in [0.15, 0.2) is 36.4 Å². The van der Waals surface area contributed by atoms with Gasteiger partial charge in [0.2, 0.25) is 0 Å². The zero-order valence-electron chi connectivity index (χ0n) is 13.1. The summed E-state index contributed by atoms with van der Waals surface area (Å²) in [5.74, 6) is -1.07.